The normalized spacial score (nSPS) is 12.9. The Bertz CT molecular complexity index is 714. The van der Waals surface area contributed by atoms with E-state index >= 15 is 0 Å². The largest absolute Gasteiger partial charge is 0.478 e. The van der Waals surface area contributed by atoms with Gasteiger partial charge in [-0.2, -0.15) is 0 Å². The molecule has 0 spiro atoms. The highest BCUT2D eigenvalue weighted by atomic mass is 16.4. The highest BCUT2D eigenvalue weighted by Gasteiger charge is 2.20. The summed E-state index contributed by atoms with van der Waals surface area (Å²) in [5.74, 6) is -0.879. The van der Waals surface area contributed by atoms with Crippen molar-refractivity contribution in [1.82, 2.24) is 4.98 Å². The van der Waals surface area contributed by atoms with E-state index < -0.39 is 5.97 Å². The Morgan fingerprint density at radius 2 is 1.90 bits per heavy atom. The first-order chi connectivity index (χ1) is 10.2. The summed E-state index contributed by atoms with van der Waals surface area (Å²) in [5.41, 5.74) is 5.81. The maximum absolute atomic E-state index is 11.2. The number of aromatic carboxylic acids is 1. The molecule has 0 amide bonds. The third-order valence-electron chi connectivity index (χ3n) is 3.93. The van der Waals surface area contributed by atoms with Crippen LogP contribution in [-0.4, -0.2) is 16.1 Å². The summed E-state index contributed by atoms with van der Waals surface area (Å²) in [6.07, 6.45) is 6.16. The smallest absolute Gasteiger partial charge is 0.336 e. The zero-order valence-electron chi connectivity index (χ0n) is 12.0. The molecule has 1 N–H and O–H groups in total. The molecule has 0 aliphatic heterocycles. The number of nitrogens with zero attached hydrogens (tertiary/aromatic N) is 1. The highest BCUT2D eigenvalue weighted by Crippen LogP contribution is 2.28. The van der Waals surface area contributed by atoms with E-state index in [9.17, 15) is 9.90 Å². The van der Waals surface area contributed by atoms with E-state index in [-0.39, 0.29) is 0 Å². The standard InChI is InChI=1S/C18H17NO2/c1-2-12-3-5-13(6-4-12)9-14-10-16-15(18(20)21)7-8-19-17(16)11-14/h3-8,11H,2,9-10H2,1H3,(H,20,21). The Morgan fingerprint density at radius 3 is 2.57 bits per heavy atom. The van der Waals surface area contributed by atoms with Crippen molar-refractivity contribution in [3.05, 3.63) is 70.0 Å². The molecule has 3 rings (SSSR count). The molecule has 1 aliphatic carbocycles. The summed E-state index contributed by atoms with van der Waals surface area (Å²) in [5, 5.41) is 9.23. The fourth-order valence-corrected chi connectivity index (χ4v) is 2.76. The first kappa shape index (κ1) is 13.6. The third-order valence-corrected chi connectivity index (χ3v) is 3.93. The van der Waals surface area contributed by atoms with Crippen LogP contribution in [0.3, 0.4) is 0 Å². The van der Waals surface area contributed by atoms with Gasteiger partial charge in [-0.15, -0.1) is 0 Å². The van der Waals surface area contributed by atoms with Crippen LogP contribution in [0.25, 0.3) is 6.08 Å². The molecule has 0 saturated carbocycles. The van der Waals surface area contributed by atoms with Crippen molar-refractivity contribution in [2.75, 3.05) is 0 Å². The first-order valence-corrected chi connectivity index (χ1v) is 7.16. The Hall–Kier alpha value is -2.42. The van der Waals surface area contributed by atoms with Crippen molar-refractivity contribution >= 4 is 12.0 Å². The summed E-state index contributed by atoms with van der Waals surface area (Å²) >= 11 is 0. The summed E-state index contributed by atoms with van der Waals surface area (Å²) < 4.78 is 0. The minimum absolute atomic E-state index is 0.368. The number of carbonyl (C=O) groups is 1. The van der Waals surface area contributed by atoms with Crippen LogP contribution in [0.2, 0.25) is 0 Å². The van der Waals surface area contributed by atoms with Crippen LogP contribution in [0.15, 0.2) is 42.1 Å². The lowest BCUT2D eigenvalue weighted by atomic mass is 10.00. The molecular formula is C18H17NO2. The number of aryl methyl sites for hydroxylation is 1. The van der Waals surface area contributed by atoms with E-state index in [1.807, 2.05) is 6.08 Å². The van der Waals surface area contributed by atoms with Crippen molar-refractivity contribution in [3.63, 3.8) is 0 Å². The van der Waals surface area contributed by atoms with Crippen molar-refractivity contribution in [2.24, 2.45) is 0 Å². The lowest BCUT2D eigenvalue weighted by Gasteiger charge is -2.05. The van der Waals surface area contributed by atoms with E-state index in [0.29, 0.717) is 12.0 Å². The SMILES string of the molecule is CCc1ccc(CC2=Cc3nccc(C(=O)O)c3C2)cc1. The number of hydrogen-bond donors (Lipinski definition) is 1. The predicted molar refractivity (Wildman–Crippen MR) is 82.4 cm³/mol. The van der Waals surface area contributed by atoms with Crippen molar-refractivity contribution in [2.45, 2.75) is 26.2 Å². The van der Waals surface area contributed by atoms with Gasteiger partial charge in [-0.1, -0.05) is 36.8 Å². The van der Waals surface area contributed by atoms with Crippen LogP contribution in [0, 0.1) is 0 Å². The average Bonchev–Trinajstić information content (AvgIpc) is 2.89. The maximum atomic E-state index is 11.2. The maximum Gasteiger partial charge on any atom is 0.336 e. The van der Waals surface area contributed by atoms with E-state index in [2.05, 4.69) is 36.2 Å². The molecule has 0 saturated heterocycles. The van der Waals surface area contributed by atoms with E-state index in [1.165, 1.54) is 16.7 Å². The number of carboxylic acids is 1. The second-order valence-corrected chi connectivity index (χ2v) is 5.35. The zero-order chi connectivity index (χ0) is 14.8. The molecule has 3 heteroatoms. The van der Waals surface area contributed by atoms with Gasteiger partial charge in [0.1, 0.15) is 0 Å². The average molecular weight is 279 g/mol. The Morgan fingerprint density at radius 1 is 1.19 bits per heavy atom. The molecule has 106 valence electrons. The van der Waals surface area contributed by atoms with Gasteiger partial charge in [0.15, 0.2) is 0 Å². The molecular weight excluding hydrogens is 262 g/mol. The second kappa shape index (κ2) is 5.52. The molecule has 0 atom stereocenters. The van der Waals surface area contributed by atoms with Gasteiger partial charge in [-0.25, -0.2) is 4.79 Å². The minimum atomic E-state index is -0.879. The molecule has 0 radical (unpaired) electrons. The summed E-state index contributed by atoms with van der Waals surface area (Å²) in [7, 11) is 0. The molecule has 0 unspecified atom stereocenters. The van der Waals surface area contributed by atoms with Crippen molar-refractivity contribution < 1.29 is 9.90 Å². The molecule has 0 bridgehead atoms. The van der Waals surface area contributed by atoms with Crippen molar-refractivity contribution in [1.29, 1.82) is 0 Å². The Kier molecular flexibility index (Phi) is 3.57. The van der Waals surface area contributed by atoms with Gasteiger partial charge in [-0.05, 0) is 48.1 Å². The monoisotopic (exact) mass is 279 g/mol. The number of pyridine rings is 1. The quantitative estimate of drug-likeness (QED) is 0.931. The van der Waals surface area contributed by atoms with Crippen LogP contribution in [0.1, 0.15) is 39.7 Å². The topological polar surface area (TPSA) is 50.2 Å². The van der Waals surface area contributed by atoms with Crippen molar-refractivity contribution in [3.8, 4) is 0 Å². The van der Waals surface area contributed by atoms with E-state index in [1.54, 1.807) is 12.3 Å². The fourth-order valence-electron chi connectivity index (χ4n) is 2.76. The summed E-state index contributed by atoms with van der Waals surface area (Å²) in [6, 6.07) is 10.2. The molecule has 1 aromatic carbocycles. The van der Waals surface area contributed by atoms with E-state index in [4.69, 9.17) is 0 Å². The zero-order valence-corrected chi connectivity index (χ0v) is 12.0. The van der Waals surface area contributed by atoms with Crippen LogP contribution in [0.4, 0.5) is 0 Å². The molecule has 0 fully saturated rings. The third kappa shape index (κ3) is 2.72. The first-order valence-electron chi connectivity index (χ1n) is 7.16. The summed E-state index contributed by atoms with van der Waals surface area (Å²) in [4.78, 5) is 15.5. The predicted octanol–water partition coefficient (Wildman–Crippen LogP) is 3.52. The second-order valence-electron chi connectivity index (χ2n) is 5.35. The van der Waals surface area contributed by atoms with Gasteiger partial charge in [0.05, 0.1) is 11.3 Å². The van der Waals surface area contributed by atoms with Crippen LogP contribution in [0.5, 0.6) is 0 Å². The number of hydrogen-bond acceptors (Lipinski definition) is 2. The number of carboxylic acid groups (broad SMARTS) is 1. The van der Waals surface area contributed by atoms with Gasteiger partial charge in [-0.3, -0.25) is 4.98 Å². The summed E-state index contributed by atoms with van der Waals surface area (Å²) in [6.45, 7) is 2.14. The van der Waals surface area contributed by atoms with Gasteiger partial charge in [0, 0.05) is 6.20 Å². The molecule has 2 aromatic rings. The number of aromatic nitrogens is 1. The molecule has 21 heavy (non-hydrogen) atoms. The number of benzene rings is 1. The van der Waals surface area contributed by atoms with Crippen LogP contribution < -0.4 is 0 Å². The van der Waals surface area contributed by atoms with Crippen LogP contribution in [-0.2, 0) is 19.3 Å². The lowest BCUT2D eigenvalue weighted by molar-refractivity contribution is 0.0695. The number of fused-ring (bicyclic) bond motifs is 1. The van der Waals surface area contributed by atoms with E-state index in [0.717, 1.165) is 24.1 Å². The minimum Gasteiger partial charge on any atom is -0.478 e. The molecule has 3 nitrogen and oxygen atoms in total. The lowest BCUT2D eigenvalue weighted by Crippen LogP contribution is -2.03. The Labute approximate surface area is 124 Å². The van der Waals surface area contributed by atoms with Gasteiger partial charge < -0.3 is 5.11 Å². The number of allylic oxidation sites excluding steroid dienone is 1. The molecule has 1 aliphatic rings. The van der Waals surface area contributed by atoms with Gasteiger partial charge >= 0.3 is 5.97 Å². The number of rotatable bonds is 4. The molecule has 1 heterocycles. The fraction of sp³-hybridized carbons (Fsp3) is 0.222. The molecule has 1 aromatic heterocycles. The van der Waals surface area contributed by atoms with Crippen LogP contribution >= 0.6 is 0 Å². The van der Waals surface area contributed by atoms with Gasteiger partial charge in [0.25, 0.3) is 0 Å². The van der Waals surface area contributed by atoms with Gasteiger partial charge in [0.2, 0.25) is 0 Å². The highest BCUT2D eigenvalue weighted by molar-refractivity contribution is 5.91. The Balaban J connectivity index is 1.80.